The van der Waals surface area contributed by atoms with Crippen LogP contribution >= 0.6 is 0 Å². The molecule has 114 valence electrons. The molecule has 0 saturated carbocycles. The van der Waals surface area contributed by atoms with Crippen molar-refractivity contribution in [1.29, 1.82) is 0 Å². The molecule has 0 amide bonds. The molecule has 2 aromatic rings. The van der Waals surface area contributed by atoms with Crippen molar-refractivity contribution in [2.24, 2.45) is 0 Å². The molecule has 2 heterocycles. The van der Waals surface area contributed by atoms with Gasteiger partial charge in [-0.2, -0.15) is 0 Å². The Bertz CT molecular complexity index is 603. The fourth-order valence-electron chi connectivity index (χ4n) is 2.95. The molecule has 0 spiro atoms. The number of para-hydroxylation sites is 2. The molecule has 0 atom stereocenters. The number of imidazole rings is 1. The van der Waals surface area contributed by atoms with E-state index in [1.165, 1.54) is 5.52 Å². The standard InChI is InChI=1S/C16H23N3O2/c1-2-19-14-6-4-3-5-13(14)18-15(19)11-17-12-16(20)7-9-21-10-8-16/h3-6,17,20H,2,7-12H2,1H3. The summed E-state index contributed by atoms with van der Waals surface area (Å²) in [4.78, 5) is 4.68. The predicted octanol–water partition coefficient (Wildman–Crippen LogP) is 1.69. The first-order valence-electron chi connectivity index (χ1n) is 7.67. The molecule has 1 aliphatic rings. The van der Waals surface area contributed by atoms with Gasteiger partial charge in [0.25, 0.3) is 0 Å². The summed E-state index contributed by atoms with van der Waals surface area (Å²) in [5.41, 5.74) is 1.56. The van der Waals surface area contributed by atoms with E-state index in [2.05, 4.69) is 27.9 Å². The van der Waals surface area contributed by atoms with E-state index >= 15 is 0 Å². The van der Waals surface area contributed by atoms with Gasteiger partial charge in [0.05, 0.1) is 23.2 Å². The number of aromatic nitrogens is 2. The van der Waals surface area contributed by atoms with Crippen LogP contribution in [0.2, 0.25) is 0 Å². The highest BCUT2D eigenvalue weighted by molar-refractivity contribution is 5.75. The summed E-state index contributed by atoms with van der Waals surface area (Å²) in [5, 5.41) is 13.8. The molecule has 5 nitrogen and oxygen atoms in total. The average molecular weight is 289 g/mol. The monoisotopic (exact) mass is 289 g/mol. The molecule has 1 aromatic carbocycles. The van der Waals surface area contributed by atoms with Gasteiger partial charge in [-0.3, -0.25) is 0 Å². The first-order chi connectivity index (χ1) is 10.2. The van der Waals surface area contributed by atoms with Gasteiger partial charge < -0.3 is 19.7 Å². The molecular weight excluding hydrogens is 266 g/mol. The van der Waals surface area contributed by atoms with Crippen molar-refractivity contribution in [3.63, 3.8) is 0 Å². The molecule has 1 aromatic heterocycles. The highest BCUT2D eigenvalue weighted by Gasteiger charge is 2.29. The molecule has 1 aliphatic heterocycles. The Labute approximate surface area is 124 Å². The van der Waals surface area contributed by atoms with E-state index in [0.29, 0.717) is 39.1 Å². The summed E-state index contributed by atoms with van der Waals surface area (Å²) < 4.78 is 7.52. The zero-order chi connectivity index (χ0) is 14.7. The normalized spacial score (nSPS) is 18.2. The Balaban J connectivity index is 1.67. The molecule has 1 fully saturated rings. The van der Waals surface area contributed by atoms with Crippen molar-refractivity contribution in [2.75, 3.05) is 19.8 Å². The van der Waals surface area contributed by atoms with E-state index in [9.17, 15) is 5.11 Å². The molecule has 21 heavy (non-hydrogen) atoms. The van der Waals surface area contributed by atoms with Gasteiger partial charge in [0.15, 0.2) is 0 Å². The quantitative estimate of drug-likeness (QED) is 0.879. The van der Waals surface area contributed by atoms with Crippen LogP contribution in [0.5, 0.6) is 0 Å². The Morgan fingerprint density at radius 1 is 1.33 bits per heavy atom. The maximum atomic E-state index is 10.4. The molecule has 0 radical (unpaired) electrons. The number of aryl methyl sites for hydroxylation is 1. The lowest BCUT2D eigenvalue weighted by atomic mass is 9.94. The number of hydrogen-bond donors (Lipinski definition) is 2. The number of aliphatic hydroxyl groups is 1. The maximum absolute atomic E-state index is 10.4. The lowest BCUT2D eigenvalue weighted by Gasteiger charge is -2.32. The second-order valence-corrected chi connectivity index (χ2v) is 5.70. The molecule has 2 N–H and O–H groups in total. The van der Waals surface area contributed by atoms with Crippen LogP contribution in [0.4, 0.5) is 0 Å². The van der Waals surface area contributed by atoms with Crippen molar-refractivity contribution in [1.82, 2.24) is 14.9 Å². The molecule has 5 heteroatoms. The third-order valence-corrected chi connectivity index (χ3v) is 4.21. The van der Waals surface area contributed by atoms with E-state index in [4.69, 9.17) is 4.74 Å². The third kappa shape index (κ3) is 3.10. The van der Waals surface area contributed by atoms with E-state index in [1.807, 2.05) is 18.2 Å². The number of nitrogens with zero attached hydrogens (tertiary/aromatic N) is 2. The summed E-state index contributed by atoms with van der Waals surface area (Å²) in [6, 6.07) is 8.19. The van der Waals surface area contributed by atoms with Gasteiger partial charge in [-0.05, 0) is 19.1 Å². The van der Waals surface area contributed by atoms with Crippen LogP contribution in [0.25, 0.3) is 11.0 Å². The lowest BCUT2D eigenvalue weighted by Crippen LogP contribution is -2.45. The molecule has 1 saturated heterocycles. The average Bonchev–Trinajstić information content (AvgIpc) is 2.85. The van der Waals surface area contributed by atoms with Crippen LogP contribution in [0.3, 0.4) is 0 Å². The summed E-state index contributed by atoms with van der Waals surface area (Å²) >= 11 is 0. The van der Waals surface area contributed by atoms with E-state index in [0.717, 1.165) is 17.9 Å². The van der Waals surface area contributed by atoms with Crippen molar-refractivity contribution in [2.45, 2.75) is 38.5 Å². The van der Waals surface area contributed by atoms with E-state index in [1.54, 1.807) is 0 Å². The first kappa shape index (κ1) is 14.5. The highest BCUT2D eigenvalue weighted by atomic mass is 16.5. The minimum atomic E-state index is -0.638. The summed E-state index contributed by atoms with van der Waals surface area (Å²) in [6.45, 7) is 5.57. The number of ether oxygens (including phenoxy) is 1. The third-order valence-electron chi connectivity index (χ3n) is 4.21. The highest BCUT2D eigenvalue weighted by Crippen LogP contribution is 2.20. The van der Waals surface area contributed by atoms with Crippen molar-refractivity contribution in [3.8, 4) is 0 Å². The Hall–Kier alpha value is -1.43. The smallest absolute Gasteiger partial charge is 0.123 e. The molecular formula is C16H23N3O2. The van der Waals surface area contributed by atoms with Gasteiger partial charge in [-0.15, -0.1) is 0 Å². The molecule has 0 bridgehead atoms. The number of fused-ring (bicyclic) bond motifs is 1. The number of rotatable bonds is 5. The zero-order valence-corrected chi connectivity index (χ0v) is 12.5. The maximum Gasteiger partial charge on any atom is 0.123 e. The van der Waals surface area contributed by atoms with Gasteiger partial charge >= 0.3 is 0 Å². The van der Waals surface area contributed by atoms with Crippen LogP contribution in [-0.4, -0.2) is 40.0 Å². The Morgan fingerprint density at radius 3 is 2.86 bits per heavy atom. The lowest BCUT2D eigenvalue weighted by molar-refractivity contribution is -0.0617. The van der Waals surface area contributed by atoms with Crippen LogP contribution in [-0.2, 0) is 17.8 Å². The van der Waals surface area contributed by atoms with Gasteiger partial charge in [0.1, 0.15) is 5.82 Å². The van der Waals surface area contributed by atoms with E-state index < -0.39 is 5.60 Å². The van der Waals surface area contributed by atoms with Gasteiger partial charge in [-0.1, -0.05) is 12.1 Å². The van der Waals surface area contributed by atoms with Gasteiger partial charge in [0, 0.05) is 39.1 Å². The minimum absolute atomic E-state index is 0.587. The Morgan fingerprint density at radius 2 is 2.10 bits per heavy atom. The second-order valence-electron chi connectivity index (χ2n) is 5.70. The van der Waals surface area contributed by atoms with Crippen molar-refractivity contribution < 1.29 is 9.84 Å². The summed E-state index contributed by atoms with van der Waals surface area (Å²) in [5.74, 6) is 1.02. The predicted molar refractivity (Wildman–Crippen MR) is 82.1 cm³/mol. The van der Waals surface area contributed by atoms with Crippen LogP contribution in [0.15, 0.2) is 24.3 Å². The largest absolute Gasteiger partial charge is 0.388 e. The number of nitrogens with one attached hydrogen (secondary N) is 1. The molecule has 0 aliphatic carbocycles. The summed E-state index contributed by atoms with van der Waals surface area (Å²) in [6.07, 6.45) is 1.40. The second kappa shape index (κ2) is 6.13. The van der Waals surface area contributed by atoms with Crippen LogP contribution < -0.4 is 5.32 Å². The topological polar surface area (TPSA) is 59.3 Å². The minimum Gasteiger partial charge on any atom is -0.388 e. The Kier molecular flexibility index (Phi) is 4.24. The van der Waals surface area contributed by atoms with E-state index in [-0.39, 0.29) is 0 Å². The number of hydrogen-bond acceptors (Lipinski definition) is 4. The number of benzene rings is 1. The fourth-order valence-corrected chi connectivity index (χ4v) is 2.95. The summed E-state index contributed by atoms with van der Waals surface area (Å²) in [7, 11) is 0. The fraction of sp³-hybridized carbons (Fsp3) is 0.562. The SMILES string of the molecule is CCn1c(CNCC2(O)CCOCC2)nc2ccccc21. The molecule has 3 rings (SSSR count). The molecule has 0 unspecified atom stereocenters. The van der Waals surface area contributed by atoms with Crippen molar-refractivity contribution in [3.05, 3.63) is 30.1 Å². The van der Waals surface area contributed by atoms with Gasteiger partial charge in [0.2, 0.25) is 0 Å². The van der Waals surface area contributed by atoms with Crippen LogP contribution in [0.1, 0.15) is 25.6 Å². The zero-order valence-electron chi connectivity index (χ0n) is 12.5. The van der Waals surface area contributed by atoms with Gasteiger partial charge in [-0.25, -0.2) is 4.98 Å². The van der Waals surface area contributed by atoms with Crippen molar-refractivity contribution >= 4 is 11.0 Å². The van der Waals surface area contributed by atoms with Crippen LogP contribution in [0, 0.1) is 0 Å². The first-order valence-corrected chi connectivity index (χ1v) is 7.67.